The van der Waals surface area contributed by atoms with Crippen LogP contribution in [0.4, 0.5) is 10.5 Å². The topological polar surface area (TPSA) is 61.4 Å². The number of amides is 3. The molecule has 1 aliphatic heterocycles. The number of hydrogen-bond donors (Lipinski definition) is 2. The molecular formula is C24H23N3O2. The van der Waals surface area contributed by atoms with Gasteiger partial charge in [0.25, 0.3) is 5.91 Å². The minimum absolute atomic E-state index is 0.101. The van der Waals surface area contributed by atoms with Crippen LogP contribution in [0.15, 0.2) is 72.8 Å². The smallest absolute Gasteiger partial charge is 0.321 e. The van der Waals surface area contributed by atoms with Crippen molar-refractivity contribution < 1.29 is 9.59 Å². The molecule has 146 valence electrons. The zero-order valence-electron chi connectivity index (χ0n) is 16.3. The van der Waals surface area contributed by atoms with E-state index in [0.717, 1.165) is 16.8 Å². The number of carbonyl (C=O) groups excluding carboxylic acids is 2. The fraction of sp³-hybridized carbons (Fsp3) is 0.167. The van der Waals surface area contributed by atoms with Crippen molar-refractivity contribution in [1.82, 2.24) is 10.6 Å². The zero-order valence-corrected chi connectivity index (χ0v) is 16.3. The van der Waals surface area contributed by atoms with Gasteiger partial charge in [-0.1, -0.05) is 48.0 Å². The molecule has 0 bridgehead atoms. The number of hydrogen-bond acceptors (Lipinski definition) is 2. The maximum Gasteiger partial charge on any atom is 0.321 e. The first-order valence-electron chi connectivity index (χ1n) is 9.70. The highest BCUT2D eigenvalue weighted by Gasteiger charge is 2.21. The van der Waals surface area contributed by atoms with E-state index in [1.54, 1.807) is 29.2 Å². The third-order valence-electron chi connectivity index (χ3n) is 5.03. The summed E-state index contributed by atoms with van der Waals surface area (Å²) in [6.07, 6.45) is 0. The van der Waals surface area contributed by atoms with Gasteiger partial charge < -0.3 is 10.6 Å². The molecule has 0 atom stereocenters. The number of rotatable bonds is 5. The second-order valence-corrected chi connectivity index (χ2v) is 7.18. The van der Waals surface area contributed by atoms with Crippen molar-refractivity contribution >= 4 is 17.6 Å². The quantitative estimate of drug-likeness (QED) is 0.694. The van der Waals surface area contributed by atoms with Gasteiger partial charge in [0.05, 0.1) is 0 Å². The van der Waals surface area contributed by atoms with E-state index in [2.05, 4.69) is 54.0 Å². The lowest BCUT2D eigenvalue weighted by Gasteiger charge is -2.14. The summed E-state index contributed by atoms with van der Waals surface area (Å²) in [7, 11) is 0. The van der Waals surface area contributed by atoms with Gasteiger partial charge in [-0.05, 0) is 53.9 Å². The molecule has 3 aromatic rings. The monoisotopic (exact) mass is 385 g/mol. The Morgan fingerprint density at radius 1 is 1.00 bits per heavy atom. The van der Waals surface area contributed by atoms with Crippen molar-refractivity contribution in [3.05, 3.63) is 89.5 Å². The normalized spacial score (nSPS) is 13.3. The predicted molar refractivity (Wildman–Crippen MR) is 115 cm³/mol. The minimum Gasteiger partial charge on any atom is -0.348 e. The number of nitrogens with zero attached hydrogens (tertiary/aromatic N) is 1. The average Bonchev–Trinajstić information content (AvgIpc) is 3.18. The van der Waals surface area contributed by atoms with Gasteiger partial charge >= 0.3 is 6.03 Å². The van der Waals surface area contributed by atoms with Crippen molar-refractivity contribution in [2.45, 2.75) is 13.5 Å². The van der Waals surface area contributed by atoms with E-state index in [1.807, 2.05) is 12.1 Å². The first-order chi connectivity index (χ1) is 14.1. The van der Waals surface area contributed by atoms with Crippen molar-refractivity contribution in [3.8, 4) is 11.1 Å². The molecule has 0 aromatic heterocycles. The van der Waals surface area contributed by atoms with Gasteiger partial charge in [0.15, 0.2) is 0 Å². The summed E-state index contributed by atoms with van der Waals surface area (Å²) >= 11 is 0. The van der Waals surface area contributed by atoms with Crippen LogP contribution < -0.4 is 15.5 Å². The van der Waals surface area contributed by atoms with Gasteiger partial charge in [0, 0.05) is 30.9 Å². The maximum atomic E-state index is 12.5. The number of carbonyl (C=O) groups is 2. The van der Waals surface area contributed by atoms with Crippen LogP contribution >= 0.6 is 0 Å². The SMILES string of the molecule is Cc1cccc(-c2cccc(CNC(=O)c3ccc(N4CCNC4=O)cc3)c2)c1. The Morgan fingerprint density at radius 3 is 2.41 bits per heavy atom. The second-order valence-electron chi connectivity index (χ2n) is 7.18. The summed E-state index contributed by atoms with van der Waals surface area (Å²) in [5.74, 6) is -0.136. The lowest BCUT2D eigenvalue weighted by atomic mass is 10.0. The highest BCUT2D eigenvalue weighted by atomic mass is 16.2. The molecule has 0 aliphatic carbocycles. The molecule has 2 N–H and O–H groups in total. The molecule has 3 amide bonds. The van der Waals surface area contributed by atoms with Gasteiger partial charge in [-0.15, -0.1) is 0 Å². The van der Waals surface area contributed by atoms with Crippen molar-refractivity contribution in [3.63, 3.8) is 0 Å². The highest BCUT2D eigenvalue weighted by molar-refractivity contribution is 5.97. The van der Waals surface area contributed by atoms with E-state index >= 15 is 0 Å². The summed E-state index contributed by atoms with van der Waals surface area (Å²) in [6, 6.07) is 23.6. The molecule has 0 radical (unpaired) electrons. The molecule has 5 heteroatoms. The van der Waals surface area contributed by atoms with E-state index in [4.69, 9.17) is 0 Å². The first kappa shape index (κ1) is 18.7. The highest BCUT2D eigenvalue weighted by Crippen LogP contribution is 2.22. The van der Waals surface area contributed by atoms with E-state index in [9.17, 15) is 9.59 Å². The molecule has 29 heavy (non-hydrogen) atoms. The Kier molecular flexibility index (Phi) is 5.29. The predicted octanol–water partition coefficient (Wildman–Crippen LogP) is 4.12. The minimum atomic E-state index is -0.136. The summed E-state index contributed by atoms with van der Waals surface area (Å²) in [4.78, 5) is 25.9. The van der Waals surface area contributed by atoms with E-state index in [1.165, 1.54) is 11.1 Å². The molecule has 4 rings (SSSR count). The van der Waals surface area contributed by atoms with Crippen LogP contribution in [0, 0.1) is 6.92 Å². The Morgan fingerprint density at radius 2 is 1.72 bits per heavy atom. The summed E-state index contributed by atoms with van der Waals surface area (Å²) in [5, 5.41) is 5.74. The third kappa shape index (κ3) is 4.29. The van der Waals surface area contributed by atoms with Crippen LogP contribution in [0.1, 0.15) is 21.5 Å². The van der Waals surface area contributed by atoms with Crippen LogP contribution in [0.2, 0.25) is 0 Å². The largest absolute Gasteiger partial charge is 0.348 e. The molecule has 1 heterocycles. The molecule has 0 saturated carbocycles. The third-order valence-corrected chi connectivity index (χ3v) is 5.03. The van der Waals surface area contributed by atoms with Crippen molar-refractivity contribution in [1.29, 1.82) is 0 Å². The lowest BCUT2D eigenvalue weighted by Crippen LogP contribution is -2.27. The molecule has 1 saturated heterocycles. The van der Waals surface area contributed by atoms with Gasteiger partial charge in [-0.3, -0.25) is 9.69 Å². The van der Waals surface area contributed by atoms with E-state index in [0.29, 0.717) is 25.2 Å². The van der Waals surface area contributed by atoms with Crippen LogP contribution in [0.5, 0.6) is 0 Å². The summed E-state index contributed by atoms with van der Waals surface area (Å²) in [5.41, 5.74) is 5.93. The lowest BCUT2D eigenvalue weighted by molar-refractivity contribution is 0.0951. The van der Waals surface area contributed by atoms with Crippen LogP contribution in [-0.2, 0) is 6.54 Å². The number of nitrogens with one attached hydrogen (secondary N) is 2. The van der Waals surface area contributed by atoms with E-state index in [-0.39, 0.29) is 11.9 Å². The van der Waals surface area contributed by atoms with Gasteiger partial charge in [-0.25, -0.2) is 4.79 Å². The van der Waals surface area contributed by atoms with Crippen molar-refractivity contribution in [2.24, 2.45) is 0 Å². The molecule has 1 fully saturated rings. The summed E-state index contributed by atoms with van der Waals surface area (Å²) < 4.78 is 0. The van der Waals surface area contributed by atoms with Gasteiger partial charge in [-0.2, -0.15) is 0 Å². The number of anilines is 1. The number of urea groups is 1. The maximum absolute atomic E-state index is 12.5. The fourth-order valence-electron chi connectivity index (χ4n) is 3.48. The molecular weight excluding hydrogens is 362 g/mol. The molecule has 3 aromatic carbocycles. The average molecular weight is 385 g/mol. The summed E-state index contributed by atoms with van der Waals surface area (Å²) in [6.45, 7) is 3.81. The Balaban J connectivity index is 1.41. The van der Waals surface area contributed by atoms with Gasteiger partial charge in [0.2, 0.25) is 0 Å². The molecule has 1 aliphatic rings. The van der Waals surface area contributed by atoms with Gasteiger partial charge in [0.1, 0.15) is 0 Å². The van der Waals surface area contributed by atoms with Crippen LogP contribution in [-0.4, -0.2) is 25.0 Å². The zero-order chi connectivity index (χ0) is 20.2. The molecule has 0 unspecified atom stereocenters. The molecule has 0 spiro atoms. The second kappa shape index (κ2) is 8.19. The van der Waals surface area contributed by atoms with Crippen LogP contribution in [0.25, 0.3) is 11.1 Å². The van der Waals surface area contributed by atoms with Crippen LogP contribution in [0.3, 0.4) is 0 Å². The molecule has 5 nitrogen and oxygen atoms in total. The standard InChI is InChI=1S/C24H23N3O2/c1-17-4-2-6-20(14-17)21-7-3-5-18(15-21)16-26-23(28)19-8-10-22(11-9-19)27-13-12-25-24(27)29/h2-11,14-15H,12-13,16H2,1H3,(H,25,29)(H,26,28). The Hall–Kier alpha value is -3.60. The Labute approximate surface area is 170 Å². The fourth-order valence-corrected chi connectivity index (χ4v) is 3.48. The number of benzene rings is 3. The van der Waals surface area contributed by atoms with Crippen molar-refractivity contribution in [2.75, 3.05) is 18.0 Å². The Bertz CT molecular complexity index is 1040. The number of aryl methyl sites for hydroxylation is 1. The van der Waals surface area contributed by atoms with E-state index < -0.39 is 0 Å². The first-order valence-corrected chi connectivity index (χ1v) is 9.70.